The van der Waals surface area contributed by atoms with E-state index in [-0.39, 0.29) is 24.5 Å². The van der Waals surface area contributed by atoms with Crippen LogP contribution in [0.2, 0.25) is 0 Å². The minimum absolute atomic E-state index is 0.0340. The van der Waals surface area contributed by atoms with Crippen LogP contribution in [-0.4, -0.2) is 18.1 Å². The van der Waals surface area contributed by atoms with Crippen LogP contribution in [0.25, 0.3) is 11.0 Å². The number of rotatable bonds is 5. The first kappa shape index (κ1) is 17.5. The van der Waals surface area contributed by atoms with Gasteiger partial charge in [0.05, 0.1) is 7.11 Å². The van der Waals surface area contributed by atoms with Crippen LogP contribution in [0.1, 0.15) is 17.5 Å². The number of hydrogen-bond acceptors (Lipinski definition) is 5. The maximum atomic E-state index is 12.2. The normalized spacial score (nSPS) is 10.7. The summed E-state index contributed by atoms with van der Waals surface area (Å²) in [5.74, 6) is 0.546. The van der Waals surface area contributed by atoms with E-state index in [0.717, 1.165) is 10.9 Å². The van der Waals surface area contributed by atoms with Gasteiger partial charge < -0.3 is 19.6 Å². The smallest absolute Gasteiger partial charge is 0.339 e. The minimum atomic E-state index is -0.488. The molecule has 6 heteroatoms. The van der Waals surface area contributed by atoms with Gasteiger partial charge in [0.15, 0.2) is 0 Å². The summed E-state index contributed by atoms with van der Waals surface area (Å²) in [4.78, 5) is 24.4. The molecular formula is C20H19NO5. The fraction of sp³-hybridized carbons (Fsp3) is 0.200. The van der Waals surface area contributed by atoms with Gasteiger partial charge in [-0.1, -0.05) is 0 Å². The van der Waals surface area contributed by atoms with Gasteiger partial charge in [-0.3, -0.25) is 4.79 Å². The molecule has 1 aromatic heterocycles. The van der Waals surface area contributed by atoms with Gasteiger partial charge >= 0.3 is 5.63 Å². The predicted molar refractivity (Wildman–Crippen MR) is 98.8 cm³/mol. The summed E-state index contributed by atoms with van der Waals surface area (Å²) in [5, 5.41) is 13.0. The first-order valence-electron chi connectivity index (χ1n) is 8.17. The lowest BCUT2D eigenvalue weighted by Gasteiger charge is -2.09. The molecule has 0 saturated carbocycles. The number of aromatic hydroxyl groups is 1. The van der Waals surface area contributed by atoms with E-state index in [9.17, 15) is 14.7 Å². The minimum Gasteiger partial charge on any atom is -0.508 e. The number of phenolic OH excluding ortho intramolecular Hbond substituents is 1. The van der Waals surface area contributed by atoms with Crippen LogP contribution in [0.4, 0.5) is 5.69 Å². The maximum Gasteiger partial charge on any atom is 0.339 e. The second kappa shape index (κ2) is 7.31. The highest BCUT2D eigenvalue weighted by Gasteiger charge is 2.13. The highest BCUT2D eigenvalue weighted by atomic mass is 16.5. The molecular weight excluding hydrogens is 334 g/mol. The Labute approximate surface area is 150 Å². The largest absolute Gasteiger partial charge is 0.508 e. The molecule has 0 bridgehead atoms. The fourth-order valence-corrected chi connectivity index (χ4v) is 2.81. The highest BCUT2D eigenvalue weighted by Crippen LogP contribution is 2.24. The molecule has 2 N–H and O–H groups in total. The van der Waals surface area contributed by atoms with E-state index in [1.54, 1.807) is 37.4 Å². The van der Waals surface area contributed by atoms with Gasteiger partial charge in [0, 0.05) is 29.1 Å². The van der Waals surface area contributed by atoms with Crippen molar-refractivity contribution in [3.05, 3.63) is 64.0 Å². The van der Waals surface area contributed by atoms with Crippen molar-refractivity contribution in [1.29, 1.82) is 0 Å². The summed E-state index contributed by atoms with van der Waals surface area (Å²) in [7, 11) is 1.58. The average molecular weight is 353 g/mol. The van der Waals surface area contributed by atoms with Crippen molar-refractivity contribution >= 4 is 22.6 Å². The van der Waals surface area contributed by atoms with Gasteiger partial charge in [-0.2, -0.15) is 0 Å². The van der Waals surface area contributed by atoms with Crippen molar-refractivity contribution in [2.75, 3.05) is 12.4 Å². The molecule has 0 aliphatic heterocycles. The predicted octanol–water partition coefficient (Wildman–Crippen LogP) is 3.39. The number of hydrogen-bond donors (Lipinski definition) is 2. The molecule has 1 heterocycles. The third kappa shape index (κ3) is 3.69. The van der Waals surface area contributed by atoms with Crippen molar-refractivity contribution in [2.45, 2.75) is 19.8 Å². The topological polar surface area (TPSA) is 88.8 Å². The Morgan fingerprint density at radius 2 is 1.92 bits per heavy atom. The molecule has 134 valence electrons. The Hall–Kier alpha value is -3.28. The van der Waals surface area contributed by atoms with E-state index in [4.69, 9.17) is 9.15 Å². The van der Waals surface area contributed by atoms with Crippen LogP contribution in [0.3, 0.4) is 0 Å². The van der Waals surface area contributed by atoms with Gasteiger partial charge in [-0.15, -0.1) is 0 Å². The van der Waals surface area contributed by atoms with Gasteiger partial charge in [0.1, 0.15) is 17.1 Å². The lowest BCUT2D eigenvalue weighted by molar-refractivity contribution is -0.116. The highest BCUT2D eigenvalue weighted by molar-refractivity contribution is 5.91. The van der Waals surface area contributed by atoms with Crippen molar-refractivity contribution in [2.24, 2.45) is 0 Å². The molecule has 0 saturated heterocycles. The Kier molecular flexibility index (Phi) is 4.93. The summed E-state index contributed by atoms with van der Waals surface area (Å²) in [6.45, 7) is 1.81. The molecule has 2 aromatic carbocycles. The number of benzene rings is 2. The lowest BCUT2D eigenvalue weighted by Crippen LogP contribution is -2.16. The summed E-state index contributed by atoms with van der Waals surface area (Å²) in [5.41, 5.74) is 1.73. The number of phenols is 1. The van der Waals surface area contributed by atoms with Crippen molar-refractivity contribution in [3.8, 4) is 11.5 Å². The number of fused-ring (bicyclic) bond motifs is 1. The maximum absolute atomic E-state index is 12.2. The molecule has 26 heavy (non-hydrogen) atoms. The quantitative estimate of drug-likeness (QED) is 0.687. The molecule has 0 aliphatic carbocycles. The fourth-order valence-electron chi connectivity index (χ4n) is 2.81. The summed E-state index contributed by atoms with van der Waals surface area (Å²) >= 11 is 0. The number of carbonyl (C=O) groups is 1. The number of ether oxygens (including phenoxy) is 1. The van der Waals surface area contributed by atoms with Gasteiger partial charge in [0.2, 0.25) is 5.91 Å². The molecule has 0 radical (unpaired) electrons. The Bertz CT molecular complexity index is 1010. The molecule has 3 aromatic rings. The van der Waals surface area contributed by atoms with Gasteiger partial charge in [-0.25, -0.2) is 4.79 Å². The van der Waals surface area contributed by atoms with Crippen molar-refractivity contribution in [1.82, 2.24) is 0 Å². The summed E-state index contributed by atoms with van der Waals surface area (Å²) < 4.78 is 10.3. The van der Waals surface area contributed by atoms with Gasteiger partial charge in [-0.05, 0) is 55.3 Å². The Morgan fingerprint density at radius 1 is 1.19 bits per heavy atom. The third-order valence-corrected chi connectivity index (χ3v) is 4.25. The molecule has 0 fully saturated rings. The monoisotopic (exact) mass is 353 g/mol. The lowest BCUT2D eigenvalue weighted by atomic mass is 10.0. The van der Waals surface area contributed by atoms with E-state index in [0.29, 0.717) is 22.6 Å². The van der Waals surface area contributed by atoms with Crippen LogP contribution < -0.4 is 15.7 Å². The second-order valence-electron chi connectivity index (χ2n) is 5.95. The average Bonchev–Trinajstić information content (AvgIpc) is 2.61. The second-order valence-corrected chi connectivity index (χ2v) is 5.95. The number of nitrogens with one attached hydrogen (secondary N) is 1. The molecule has 3 rings (SSSR count). The van der Waals surface area contributed by atoms with E-state index in [2.05, 4.69) is 5.32 Å². The van der Waals surface area contributed by atoms with Crippen LogP contribution in [-0.2, 0) is 11.2 Å². The molecule has 0 spiro atoms. The number of amides is 1. The van der Waals surface area contributed by atoms with E-state index < -0.39 is 5.63 Å². The van der Waals surface area contributed by atoms with Crippen LogP contribution >= 0.6 is 0 Å². The number of aryl methyl sites for hydroxylation is 1. The molecule has 1 amide bonds. The number of methoxy groups -OCH3 is 1. The Balaban J connectivity index is 1.73. The number of anilines is 1. The third-order valence-electron chi connectivity index (χ3n) is 4.25. The zero-order chi connectivity index (χ0) is 18.7. The zero-order valence-electron chi connectivity index (χ0n) is 14.5. The molecule has 0 unspecified atom stereocenters. The van der Waals surface area contributed by atoms with Crippen LogP contribution in [0.15, 0.2) is 51.7 Å². The van der Waals surface area contributed by atoms with Gasteiger partial charge in [0.25, 0.3) is 0 Å². The van der Waals surface area contributed by atoms with Crippen molar-refractivity contribution < 1.29 is 19.1 Å². The first-order valence-corrected chi connectivity index (χ1v) is 8.17. The zero-order valence-corrected chi connectivity index (χ0v) is 14.5. The van der Waals surface area contributed by atoms with E-state index >= 15 is 0 Å². The van der Waals surface area contributed by atoms with E-state index in [1.165, 1.54) is 12.1 Å². The summed E-state index contributed by atoms with van der Waals surface area (Å²) in [6.07, 6.45) is 0.425. The van der Waals surface area contributed by atoms with E-state index in [1.807, 2.05) is 6.92 Å². The van der Waals surface area contributed by atoms with Crippen LogP contribution in [0, 0.1) is 6.92 Å². The molecule has 0 aliphatic rings. The van der Waals surface area contributed by atoms with Crippen LogP contribution in [0.5, 0.6) is 11.5 Å². The summed E-state index contributed by atoms with van der Waals surface area (Å²) in [6, 6.07) is 11.7. The molecule has 6 nitrogen and oxygen atoms in total. The Morgan fingerprint density at radius 3 is 2.62 bits per heavy atom. The number of carbonyl (C=O) groups excluding carboxylic acids is 1. The first-order chi connectivity index (χ1) is 12.5. The SMILES string of the molecule is COc1ccc(NC(=O)CCc2c(C)c3ccc(O)cc3oc2=O)cc1. The molecule has 0 atom stereocenters. The standard InChI is InChI=1S/C20H19NO5/c1-12-16-8-5-14(22)11-18(16)26-20(24)17(12)9-10-19(23)21-13-3-6-15(25-2)7-4-13/h3-8,11,22H,9-10H2,1-2H3,(H,21,23). The van der Waals surface area contributed by atoms with Crippen molar-refractivity contribution in [3.63, 3.8) is 0 Å².